The summed E-state index contributed by atoms with van der Waals surface area (Å²) in [7, 11) is 0. The molecule has 5 rings (SSSR count). The summed E-state index contributed by atoms with van der Waals surface area (Å²) in [6, 6.07) is 5.99. The maximum Gasteiger partial charge on any atom is 0.222 e. The molecule has 2 aromatic heterocycles. The van der Waals surface area contributed by atoms with Crippen LogP contribution in [-0.2, 0) is 14.9 Å². The average Bonchev–Trinajstić information content (AvgIpc) is 3.28. The molecule has 1 saturated heterocycles. The number of nitrogens with zero attached hydrogens (tertiary/aromatic N) is 3. The Hall–Kier alpha value is -2.67. The summed E-state index contributed by atoms with van der Waals surface area (Å²) in [4.78, 5) is 22.8. The Morgan fingerprint density at radius 2 is 2.15 bits per heavy atom. The highest BCUT2D eigenvalue weighted by Crippen LogP contribution is 2.58. The van der Waals surface area contributed by atoms with Crippen molar-refractivity contribution in [1.82, 2.24) is 9.97 Å². The Morgan fingerprint density at radius 3 is 2.81 bits per heavy atom. The van der Waals surface area contributed by atoms with E-state index < -0.39 is 0 Å². The maximum atomic E-state index is 11.4. The van der Waals surface area contributed by atoms with Crippen LogP contribution in [0.2, 0.25) is 0 Å². The number of pyridine rings is 2. The molecule has 0 bridgehead atoms. The largest absolute Gasteiger partial charge is 0.469 e. The molecule has 27 heavy (non-hydrogen) atoms. The molecule has 7 nitrogen and oxygen atoms in total. The van der Waals surface area contributed by atoms with Gasteiger partial charge in [0.2, 0.25) is 11.8 Å². The number of anilines is 3. The van der Waals surface area contributed by atoms with Crippen molar-refractivity contribution in [3.8, 4) is 5.88 Å². The maximum absolute atomic E-state index is 11.4. The highest BCUT2D eigenvalue weighted by atomic mass is 16.6. The van der Waals surface area contributed by atoms with E-state index in [2.05, 4.69) is 28.2 Å². The van der Waals surface area contributed by atoms with Gasteiger partial charge in [-0.3, -0.25) is 4.79 Å². The number of carbonyl (C=O) groups excluding carboxylic acids is 1. The average molecular weight is 366 g/mol. The van der Waals surface area contributed by atoms with Crippen molar-refractivity contribution < 1.29 is 14.3 Å². The van der Waals surface area contributed by atoms with Gasteiger partial charge in [-0.15, -0.1) is 0 Å². The first-order chi connectivity index (χ1) is 13.0. The summed E-state index contributed by atoms with van der Waals surface area (Å²) in [5, 5.41) is 2.78. The number of aromatic nitrogens is 2. The highest BCUT2D eigenvalue weighted by molar-refractivity contribution is 5.89. The third kappa shape index (κ3) is 2.92. The van der Waals surface area contributed by atoms with Crippen LogP contribution in [0, 0.1) is 6.92 Å². The lowest BCUT2D eigenvalue weighted by molar-refractivity contribution is -0.114. The van der Waals surface area contributed by atoms with E-state index >= 15 is 0 Å². The predicted molar refractivity (Wildman–Crippen MR) is 101 cm³/mol. The molecule has 7 heteroatoms. The molecule has 1 amide bonds. The molecule has 0 unspecified atom stereocenters. The molecule has 2 aliphatic heterocycles. The standard InChI is InChI=1S/C20H22N4O3/c1-12-5-18(23-19(6-12)27-14-9-26-10-14)24-11-20(3-4-20)15-8-21-17(7-16(15)24)22-13(2)25/h5-8,14H,3-4,9-11H2,1-2H3,(H,21,22,25). The lowest BCUT2D eigenvalue weighted by atomic mass is 10.0. The highest BCUT2D eigenvalue weighted by Gasteiger charge is 2.52. The second-order valence-corrected chi connectivity index (χ2v) is 7.75. The van der Waals surface area contributed by atoms with Gasteiger partial charge in [-0.1, -0.05) is 0 Å². The fourth-order valence-corrected chi connectivity index (χ4v) is 3.85. The van der Waals surface area contributed by atoms with Crippen LogP contribution < -0.4 is 15.0 Å². The molecule has 0 atom stereocenters. The first-order valence-electron chi connectivity index (χ1n) is 9.31. The molecule has 1 N–H and O–H groups in total. The number of nitrogens with one attached hydrogen (secondary N) is 1. The van der Waals surface area contributed by atoms with Crippen LogP contribution in [0.3, 0.4) is 0 Å². The first kappa shape index (κ1) is 16.5. The quantitative estimate of drug-likeness (QED) is 0.897. The van der Waals surface area contributed by atoms with Gasteiger partial charge in [0, 0.05) is 42.8 Å². The summed E-state index contributed by atoms with van der Waals surface area (Å²) < 4.78 is 11.1. The molecular weight excluding hydrogens is 344 g/mol. The van der Waals surface area contributed by atoms with Gasteiger partial charge >= 0.3 is 0 Å². The number of rotatable bonds is 4. The van der Waals surface area contributed by atoms with Crippen molar-refractivity contribution >= 4 is 23.2 Å². The summed E-state index contributed by atoms with van der Waals surface area (Å²) in [5.74, 6) is 1.95. The van der Waals surface area contributed by atoms with E-state index in [9.17, 15) is 4.79 Å². The Balaban J connectivity index is 1.52. The second kappa shape index (κ2) is 5.92. The van der Waals surface area contributed by atoms with Crippen molar-refractivity contribution in [2.24, 2.45) is 0 Å². The Kier molecular flexibility index (Phi) is 3.62. The van der Waals surface area contributed by atoms with Gasteiger partial charge in [0.1, 0.15) is 17.7 Å². The Bertz CT molecular complexity index is 921. The minimum atomic E-state index is -0.125. The van der Waals surface area contributed by atoms with E-state index in [0.717, 1.165) is 36.5 Å². The van der Waals surface area contributed by atoms with Gasteiger partial charge in [-0.2, -0.15) is 4.98 Å². The molecule has 1 aliphatic carbocycles. The summed E-state index contributed by atoms with van der Waals surface area (Å²) in [6.07, 6.45) is 4.31. The van der Waals surface area contributed by atoms with Crippen LogP contribution in [0.15, 0.2) is 24.4 Å². The molecule has 2 aromatic rings. The van der Waals surface area contributed by atoms with Gasteiger partial charge in [0.25, 0.3) is 0 Å². The summed E-state index contributed by atoms with van der Waals surface area (Å²) in [5.41, 5.74) is 3.59. The van der Waals surface area contributed by atoms with Crippen LogP contribution >= 0.6 is 0 Å². The van der Waals surface area contributed by atoms with Crippen LogP contribution in [-0.4, -0.2) is 41.7 Å². The smallest absolute Gasteiger partial charge is 0.222 e. The number of ether oxygens (including phenoxy) is 2. The normalized spacial score (nSPS) is 19.6. The minimum Gasteiger partial charge on any atom is -0.469 e. The summed E-state index contributed by atoms with van der Waals surface area (Å²) >= 11 is 0. The summed E-state index contributed by atoms with van der Waals surface area (Å²) in [6.45, 7) is 5.66. The lowest BCUT2D eigenvalue weighted by Crippen LogP contribution is -2.38. The van der Waals surface area contributed by atoms with E-state index in [-0.39, 0.29) is 17.4 Å². The van der Waals surface area contributed by atoms with Gasteiger partial charge in [0.05, 0.1) is 18.9 Å². The van der Waals surface area contributed by atoms with E-state index in [1.165, 1.54) is 12.5 Å². The third-order valence-corrected chi connectivity index (χ3v) is 5.47. The topological polar surface area (TPSA) is 76.6 Å². The number of aryl methyl sites for hydroxylation is 1. The zero-order valence-corrected chi connectivity index (χ0v) is 15.5. The van der Waals surface area contributed by atoms with Gasteiger partial charge < -0.3 is 19.7 Å². The minimum absolute atomic E-state index is 0.0864. The van der Waals surface area contributed by atoms with Crippen LogP contribution in [0.1, 0.15) is 30.9 Å². The Morgan fingerprint density at radius 1 is 1.33 bits per heavy atom. The van der Waals surface area contributed by atoms with Gasteiger partial charge in [-0.25, -0.2) is 4.98 Å². The number of hydrogen-bond acceptors (Lipinski definition) is 6. The molecule has 1 spiro atoms. The van der Waals surface area contributed by atoms with Gasteiger partial charge in [0.15, 0.2) is 0 Å². The molecular formula is C20H22N4O3. The molecule has 1 saturated carbocycles. The first-order valence-corrected chi connectivity index (χ1v) is 9.31. The third-order valence-electron chi connectivity index (χ3n) is 5.47. The zero-order chi connectivity index (χ0) is 18.6. The number of amides is 1. The van der Waals surface area contributed by atoms with E-state index in [1.807, 2.05) is 18.3 Å². The molecule has 140 valence electrons. The fraction of sp³-hybridized carbons (Fsp3) is 0.450. The van der Waals surface area contributed by atoms with Crippen molar-refractivity contribution in [2.45, 2.75) is 38.2 Å². The zero-order valence-electron chi connectivity index (χ0n) is 15.5. The fourth-order valence-electron chi connectivity index (χ4n) is 3.85. The molecule has 3 aliphatic rings. The van der Waals surface area contributed by atoms with Gasteiger partial charge in [-0.05, 0) is 31.4 Å². The van der Waals surface area contributed by atoms with Crippen LogP contribution in [0.4, 0.5) is 17.3 Å². The van der Waals surface area contributed by atoms with E-state index in [1.54, 1.807) is 0 Å². The number of carbonyl (C=O) groups is 1. The number of hydrogen-bond donors (Lipinski definition) is 1. The molecule has 0 radical (unpaired) electrons. The second-order valence-electron chi connectivity index (χ2n) is 7.75. The Labute approximate surface area is 157 Å². The van der Waals surface area contributed by atoms with Crippen LogP contribution in [0.5, 0.6) is 5.88 Å². The number of fused-ring (bicyclic) bond motifs is 2. The lowest BCUT2D eigenvalue weighted by Gasteiger charge is -2.27. The van der Waals surface area contributed by atoms with Crippen molar-refractivity contribution in [1.29, 1.82) is 0 Å². The monoisotopic (exact) mass is 366 g/mol. The SMILES string of the molecule is CC(=O)Nc1cc2c(cn1)C1(CC1)CN2c1cc(C)cc(OC2COC2)n1. The van der Waals surface area contributed by atoms with Crippen molar-refractivity contribution in [3.63, 3.8) is 0 Å². The molecule has 4 heterocycles. The van der Waals surface area contributed by atoms with Crippen LogP contribution in [0.25, 0.3) is 0 Å². The van der Waals surface area contributed by atoms with E-state index in [4.69, 9.17) is 14.5 Å². The van der Waals surface area contributed by atoms with Crippen molar-refractivity contribution in [3.05, 3.63) is 35.5 Å². The molecule has 2 fully saturated rings. The molecule has 0 aromatic carbocycles. The van der Waals surface area contributed by atoms with Crippen molar-refractivity contribution in [2.75, 3.05) is 30.0 Å². The predicted octanol–water partition coefficient (Wildman–Crippen LogP) is 2.70. The van der Waals surface area contributed by atoms with E-state index in [0.29, 0.717) is 24.9 Å².